The van der Waals surface area contributed by atoms with Crippen molar-refractivity contribution in [1.82, 2.24) is 9.88 Å². The van der Waals surface area contributed by atoms with Crippen LogP contribution in [0.5, 0.6) is 0 Å². The van der Waals surface area contributed by atoms with Gasteiger partial charge in [-0.25, -0.2) is 4.98 Å². The molecular weight excluding hydrogens is 246 g/mol. The van der Waals surface area contributed by atoms with Crippen LogP contribution in [0.2, 0.25) is 0 Å². The number of aliphatic hydroxyl groups excluding tert-OH is 1. The summed E-state index contributed by atoms with van der Waals surface area (Å²) in [5, 5.41) is 10.4. The summed E-state index contributed by atoms with van der Waals surface area (Å²) >= 11 is 1.63. The number of likely N-dealkylation sites (tertiary alicyclic amines) is 1. The second kappa shape index (κ2) is 5.99. The van der Waals surface area contributed by atoms with Gasteiger partial charge in [-0.2, -0.15) is 0 Å². The van der Waals surface area contributed by atoms with E-state index in [9.17, 15) is 5.11 Å². The molecule has 0 aliphatic carbocycles. The van der Waals surface area contributed by atoms with Crippen LogP contribution in [-0.2, 0) is 13.0 Å². The molecule has 1 aromatic rings. The maximum Gasteiger partial charge on any atom is 0.185 e. The first-order valence-corrected chi connectivity index (χ1v) is 7.44. The summed E-state index contributed by atoms with van der Waals surface area (Å²) in [7, 11) is 4.29. The van der Waals surface area contributed by atoms with E-state index < -0.39 is 0 Å². The number of rotatable bonds is 5. The molecule has 1 fully saturated rings. The topological polar surface area (TPSA) is 39.6 Å². The van der Waals surface area contributed by atoms with E-state index in [2.05, 4.69) is 35.8 Å². The van der Waals surface area contributed by atoms with Crippen LogP contribution in [0.4, 0.5) is 5.13 Å². The molecule has 0 radical (unpaired) electrons. The highest BCUT2D eigenvalue weighted by Crippen LogP contribution is 2.27. The van der Waals surface area contributed by atoms with Crippen molar-refractivity contribution >= 4 is 16.5 Å². The summed E-state index contributed by atoms with van der Waals surface area (Å²) in [6.45, 7) is 5.65. The first-order valence-electron chi connectivity index (χ1n) is 6.63. The molecule has 0 saturated carbocycles. The van der Waals surface area contributed by atoms with Crippen molar-refractivity contribution in [3.05, 3.63) is 10.6 Å². The molecule has 1 N–H and O–H groups in total. The van der Waals surface area contributed by atoms with Gasteiger partial charge in [0.05, 0.1) is 17.2 Å². The third-order valence-electron chi connectivity index (χ3n) is 3.59. The molecule has 1 aliphatic heterocycles. The maximum atomic E-state index is 9.31. The fraction of sp³-hybridized carbons (Fsp3) is 0.769. The smallest absolute Gasteiger partial charge is 0.185 e. The number of anilines is 1. The molecule has 2 heterocycles. The number of thiazole rings is 1. The molecule has 1 aliphatic rings. The Morgan fingerprint density at radius 1 is 1.56 bits per heavy atom. The molecule has 0 spiro atoms. The lowest BCUT2D eigenvalue weighted by molar-refractivity contribution is 0.284. The zero-order valence-electron chi connectivity index (χ0n) is 11.5. The summed E-state index contributed by atoms with van der Waals surface area (Å²) in [5.74, 6) is 0.742. The molecule has 1 atom stereocenters. The number of aromatic nitrogens is 1. The fourth-order valence-corrected chi connectivity index (χ4v) is 3.55. The molecular formula is C13H23N3OS. The minimum atomic E-state index is 0.112. The predicted octanol–water partition coefficient (Wildman–Crippen LogP) is 1.59. The summed E-state index contributed by atoms with van der Waals surface area (Å²) < 4.78 is 0. The Balaban J connectivity index is 1.99. The van der Waals surface area contributed by atoms with Crippen molar-refractivity contribution < 1.29 is 5.11 Å². The molecule has 1 saturated heterocycles. The van der Waals surface area contributed by atoms with Crippen LogP contribution >= 0.6 is 11.3 Å². The minimum absolute atomic E-state index is 0.112. The highest BCUT2D eigenvalue weighted by atomic mass is 32.1. The van der Waals surface area contributed by atoms with Crippen molar-refractivity contribution in [2.75, 3.05) is 38.6 Å². The van der Waals surface area contributed by atoms with Gasteiger partial charge in [0.2, 0.25) is 0 Å². The quantitative estimate of drug-likeness (QED) is 0.881. The monoisotopic (exact) mass is 269 g/mol. The maximum absolute atomic E-state index is 9.31. The van der Waals surface area contributed by atoms with E-state index in [1.807, 2.05) is 0 Å². The zero-order valence-corrected chi connectivity index (χ0v) is 12.3. The lowest BCUT2D eigenvalue weighted by Gasteiger charge is -2.20. The summed E-state index contributed by atoms with van der Waals surface area (Å²) in [6, 6.07) is 0. The van der Waals surface area contributed by atoms with Gasteiger partial charge in [0.25, 0.3) is 0 Å². The summed E-state index contributed by atoms with van der Waals surface area (Å²) in [5.41, 5.74) is 1.05. The third-order valence-corrected chi connectivity index (χ3v) is 4.79. The molecule has 2 rings (SSSR count). The van der Waals surface area contributed by atoms with E-state index in [0.29, 0.717) is 0 Å². The number of aryl methyl sites for hydroxylation is 1. The SMILES string of the molecule is CCc1nc(N(C)CC2CCN(C)C2)sc1CO. The molecule has 4 nitrogen and oxygen atoms in total. The van der Waals surface area contributed by atoms with E-state index in [1.165, 1.54) is 19.5 Å². The van der Waals surface area contributed by atoms with E-state index in [4.69, 9.17) is 0 Å². The first-order chi connectivity index (χ1) is 8.63. The van der Waals surface area contributed by atoms with Crippen molar-refractivity contribution in [3.8, 4) is 0 Å². The Labute approximate surface area is 113 Å². The van der Waals surface area contributed by atoms with Crippen molar-refractivity contribution in [1.29, 1.82) is 0 Å². The normalized spacial score (nSPS) is 20.6. The number of aliphatic hydroxyl groups is 1. The van der Waals surface area contributed by atoms with Gasteiger partial charge in [-0.1, -0.05) is 18.3 Å². The van der Waals surface area contributed by atoms with Crippen LogP contribution < -0.4 is 4.90 Å². The number of hydrogen-bond donors (Lipinski definition) is 1. The van der Waals surface area contributed by atoms with E-state index in [1.54, 1.807) is 11.3 Å². The number of nitrogens with zero attached hydrogens (tertiary/aromatic N) is 3. The Morgan fingerprint density at radius 2 is 2.33 bits per heavy atom. The Bertz CT molecular complexity index is 372. The standard InChI is InChI=1S/C13H23N3OS/c1-4-11-12(9-17)18-13(14-11)16(3)8-10-5-6-15(2)7-10/h10,17H,4-9H2,1-3H3. The summed E-state index contributed by atoms with van der Waals surface area (Å²) in [4.78, 5) is 10.3. The first kappa shape index (κ1) is 13.8. The van der Waals surface area contributed by atoms with E-state index >= 15 is 0 Å². The lowest BCUT2D eigenvalue weighted by Crippen LogP contribution is -2.27. The van der Waals surface area contributed by atoms with Gasteiger partial charge < -0.3 is 14.9 Å². The Kier molecular flexibility index (Phi) is 4.59. The average Bonchev–Trinajstić information content (AvgIpc) is 2.95. The van der Waals surface area contributed by atoms with Crippen molar-refractivity contribution in [2.45, 2.75) is 26.4 Å². The second-order valence-electron chi connectivity index (χ2n) is 5.18. The molecule has 1 unspecified atom stereocenters. The van der Waals surface area contributed by atoms with Crippen molar-refractivity contribution in [2.24, 2.45) is 5.92 Å². The van der Waals surface area contributed by atoms with E-state index in [-0.39, 0.29) is 6.61 Å². The fourth-order valence-electron chi connectivity index (χ4n) is 2.57. The minimum Gasteiger partial charge on any atom is -0.391 e. The number of hydrogen-bond acceptors (Lipinski definition) is 5. The molecule has 0 amide bonds. The van der Waals surface area contributed by atoms with Crippen LogP contribution in [0.25, 0.3) is 0 Å². The van der Waals surface area contributed by atoms with E-state index in [0.717, 1.165) is 34.6 Å². The lowest BCUT2D eigenvalue weighted by atomic mass is 10.1. The molecule has 1 aromatic heterocycles. The van der Waals surface area contributed by atoms with Gasteiger partial charge in [-0.15, -0.1) is 0 Å². The van der Waals surface area contributed by atoms with Gasteiger partial charge in [0, 0.05) is 20.1 Å². The average molecular weight is 269 g/mol. The van der Waals surface area contributed by atoms with Gasteiger partial charge in [-0.05, 0) is 32.4 Å². The Hall–Kier alpha value is -0.650. The van der Waals surface area contributed by atoms with Crippen LogP contribution in [0.3, 0.4) is 0 Å². The molecule has 0 aromatic carbocycles. The molecule has 18 heavy (non-hydrogen) atoms. The van der Waals surface area contributed by atoms with Gasteiger partial charge >= 0.3 is 0 Å². The molecule has 102 valence electrons. The van der Waals surface area contributed by atoms with Crippen LogP contribution in [0, 0.1) is 5.92 Å². The predicted molar refractivity (Wildman–Crippen MR) is 76.3 cm³/mol. The molecule has 0 bridgehead atoms. The van der Waals surface area contributed by atoms with Crippen LogP contribution in [0.1, 0.15) is 23.9 Å². The van der Waals surface area contributed by atoms with Gasteiger partial charge in [-0.3, -0.25) is 0 Å². The van der Waals surface area contributed by atoms with Crippen LogP contribution in [0.15, 0.2) is 0 Å². The zero-order chi connectivity index (χ0) is 13.1. The largest absolute Gasteiger partial charge is 0.391 e. The highest BCUT2D eigenvalue weighted by molar-refractivity contribution is 7.15. The van der Waals surface area contributed by atoms with Crippen molar-refractivity contribution in [3.63, 3.8) is 0 Å². The van der Waals surface area contributed by atoms with Gasteiger partial charge in [0.1, 0.15) is 0 Å². The third kappa shape index (κ3) is 3.02. The Morgan fingerprint density at radius 3 is 2.83 bits per heavy atom. The second-order valence-corrected chi connectivity index (χ2v) is 6.24. The molecule has 5 heteroatoms. The summed E-state index contributed by atoms with van der Waals surface area (Å²) in [6.07, 6.45) is 2.17. The van der Waals surface area contributed by atoms with Crippen LogP contribution in [-0.4, -0.2) is 48.7 Å². The highest BCUT2D eigenvalue weighted by Gasteiger charge is 2.22. The van der Waals surface area contributed by atoms with Gasteiger partial charge in [0.15, 0.2) is 5.13 Å².